The predicted molar refractivity (Wildman–Crippen MR) is 143 cm³/mol. The van der Waals surface area contributed by atoms with Crippen molar-refractivity contribution >= 4 is 11.6 Å². The Morgan fingerprint density at radius 2 is 1.77 bits per heavy atom. The highest BCUT2D eigenvalue weighted by atomic mass is 19.4. The Labute approximate surface area is 226 Å². The molecule has 3 aromatic rings. The minimum Gasteiger partial charge on any atom is -0.480 e. The van der Waals surface area contributed by atoms with Crippen LogP contribution in [-0.2, 0) is 0 Å². The van der Waals surface area contributed by atoms with Gasteiger partial charge in [0.25, 0.3) is 5.91 Å². The van der Waals surface area contributed by atoms with Gasteiger partial charge in [-0.3, -0.25) is 4.79 Å². The van der Waals surface area contributed by atoms with Crippen LogP contribution in [0.1, 0.15) is 67.4 Å². The van der Waals surface area contributed by atoms with Crippen LogP contribution in [0, 0.1) is 5.92 Å². The number of carbonyl (C=O) groups is 1. The molecule has 2 aromatic carbocycles. The van der Waals surface area contributed by atoms with Gasteiger partial charge in [-0.15, -0.1) is 18.3 Å². The van der Waals surface area contributed by atoms with Crippen molar-refractivity contribution < 1.29 is 27.4 Å². The number of alkyl halides is 3. The fourth-order valence-electron chi connectivity index (χ4n) is 5.14. The number of nitrogens with zero attached hydrogens (tertiary/aromatic N) is 3. The highest BCUT2D eigenvalue weighted by Crippen LogP contribution is 2.40. The summed E-state index contributed by atoms with van der Waals surface area (Å²) < 4.78 is 48.9. The standard InChI is InChI=1S/C29H35F3N4O3/c1-4-18-35(2)28(37)21-10-12-22(13-11-21)33-26(20-8-6-5-7-9-20)25-19-36(34-27(25)38-3)23-14-16-24(17-15-23)39-29(30,31)32/h10-17,19-20,26,33H,4-9,18H2,1-3H3. The zero-order valence-electron chi connectivity index (χ0n) is 22.5. The summed E-state index contributed by atoms with van der Waals surface area (Å²) in [5, 5.41) is 8.23. The Morgan fingerprint density at radius 3 is 2.36 bits per heavy atom. The zero-order valence-corrected chi connectivity index (χ0v) is 22.5. The molecule has 0 spiro atoms. The van der Waals surface area contributed by atoms with Crippen LogP contribution in [-0.4, -0.2) is 47.7 Å². The maximum atomic E-state index is 12.7. The topological polar surface area (TPSA) is 68.6 Å². The van der Waals surface area contributed by atoms with Crippen LogP contribution in [0.5, 0.6) is 11.6 Å². The van der Waals surface area contributed by atoms with Crippen molar-refractivity contribution in [3.63, 3.8) is 0 Å². The van der Waals surface area contributed by atoms with Crippen LogP contribution < -0.4 is 14.8 Å². The van der Waals surface area contributed by atoms with E-state index in [9.17, 15) is 18.0 Å². The monoisotopic (exact) mass is 544 g/mol. The van der Waals surface area contributed by atoms with E-state index in [0.29, 0.717) is 29.6 Å². The van der Waals surface area contributed by atoms with Gasteiger partial charge in [-0.25, -0.2) is 4.68 Å². The quantitative estimate of drug-likeness (QED) is 0.298. The lowest BCUT2D eigenvalue weighted by Crippen LogP contribution is -2.27. The molecular formula is C29H35F3N4O3. The SMILES string of the molecule is CCCN(C)C(=O)c1ccc(NC(c2cn(-c3ccc(OC(F)(F)F)cc3)nc2OC)C2CCCCC2)cc1. The number of aromatic nitrogens is 2. The maximum Gasteiger partial charge on any atom is 0.573 e. The number of methoxy groups -OCH3 is 1. The molecule has 1 aromatic heterocycles. The smallest absolute Gasteiger partial charge is 0.480 e. The van der Waals surface area contributed by atoms with E-state index in [4.69, 9.17) is 4.74 Å². The third-order valence-electron chi connectivity index (χ3n) is 7.05. The van der Waals surface area contributed by atoms with Gasteiger partial charge in [-0.2, -0.15) is 0 Å². The van der Waals surface area contributed by atoms with Crippen molar-refractivity contribution in [1.82, 2.24) is 14.7 Å². The number of nitrogens with one attached hydrogen (secondary N) is 1. The fourth-order valence-corrected chi connectivity index (χ4v) is 5.14. The van der Waals surface area contributed by atoms with Crippen molar-refractivity contribution in [2.45, 2.75) is 57.9 Å². The molecule has 1 heterocycles. The first-order chi connectivity index (χ1) is 18.7. The van der Waals surface area contributed by atoms with E-state index >= 15 is 0 Å². The Balaban J connectivity index is 1.60. The number of halogens is 3. The van der Waals surface area contributed by atoms with Gasteiger partial charge < -0.3 is 19.7 Å². The van der Waals surface area contributed by atoms with Crippen molar-refractivity contribution in [2.75, 3.05) is 26.0 Å². The summed E-state index contributed by atoms with van der Waals surface area (Å²) in [6.45, 7) is 2.74. The van der Waals surface area contributed by atoms with E-state index < -0.39 is 6.36 Å². The first-order valence-corrected chi connectivity index (χ1v) is 13.3. The van der Waals surface area contributed by atoms with Crippen molar-refractivity contribution in [3.8, 4) is 17.3 Å². The molecule has 39 heavy (non-hydrogen) atoms. The van der Waals surface area contributed by atoms with E-state index in [0.717, 1.165) is 43.4 Å². The van der Waals surface area contributed by atoms with Crippen LogP contribution in [0.4, 0.5) is 18.9 Å². The normalized spacial score (nSPS) is 15.0. The van der Waals surface area contributed by atoms with Crippen LogP contribution >= 0.6 is 0 Å². The Bertz CT molecular complexity index is 1220. The lowest BCUT2D eigenvalue weighted by atomic mass is 9.81. The molecular weight excluding hydrogens is 509 g/mol. The fraction of sp³-hybridized carbons (Fsp3) is 0.448. The summed E-state index contributed by atoms with van der Waals surface area (Å²) >= 11 is 0. The van der Waals surface area contributed by atoms with Gasteiger partial charge in [0.1, 0.15) is 5.75 Å². The van der Waals surface area contributed by atoms with Gasteiger partial charge in [-0.05, 0) is 73.7 Å². The van der Waals surface area contributed by atoms with Crippen molar-refractivity contribution in [1.29, 1.82) is 0 Å². The van der Waals surface area contributed by atoms with Crippen LogP contribution in [0.2, 0.25) is 0 Å². The molecule has 0 aliphatic heterocycles. The Kier molecular flexibility index (Phi) is 9.04. The minimum absolute atomic E-state index is 0.0122. The highest BCUT2D eigenvalue weighted by molar-refractivity contribution is 5.94. The summed E-state index contributed by atoms with van der Waals surface area (Å²) in [4.78, 5) is 14.4. The minimum atomic E-state index is -4.75. The summed E-state index contributed by atoms with van der Waals surface area (Å²) in [6.07, 6.45) is 3.58. The number of anilines is 1. The van der Waals surface area contributed by atoms with E-state index in [1.807, 2.05) is 37.4 Å². The molecule has 1 aliphatic carbocycles. The predicted octanol–water partition coefficient (Wildman–Crippen LogP) is 7.00. The average Bonchev–Trinajstić information content (AvgIpc) is 3.36. The van der Waals surface area contributed by atoms with Gasteiger partial charge in [0.15, 0.2) is 0 Å². The lowest BCUT2D eigenvalue weighted by Gasteiger charge is -2.31. The van der Waals surface area contributed by atoms with Gasteiger partial charge in [0.2, 0.25) is 5.88 Å². The van der Waals surface area contributed by atoms with E-state index in [1.54, 1.807) is 23.7 Å². The van der Waals surface area contributed by atoms with Gasteiger partial charge in [-0.1, -0.05) is 26.2 Å². The molecule has 1 fully saturated rings. The number of benzene rings is 2. The zero-order chi connectivity index (χ0) is 28.0. The number of hydrogen-bond acceptors (Lipinski definition) is 5. The largest absolute Gasteiger partial charge is 0.573 e. The third kappa shape index (κ3) is 7.25. The van der Waals surface area contributed by atoms with Crippen molar-refractivity contribution in [2.24, 2.45) is 5.92 Å². The highest BCUT2D eigenvalue weighted by Gasteiger charge is 2.32. The number of rotatable bonds is 10. The van der Waals surface area contributed by atoms with Crippen LogP contribution in [0.3, 0.4) is 0 Å². The number of amides is 1. The summed E-state index contributed by atoms with van der Waals surface area (Å²) in [7, 11) is 3.36. The molecule has 0 saturated heterocycles. The first kappa shape index (κ1) is 28.3. The summed E-state index contributed by atoms with van der Waals surface area (Å²) in [6, 6.07) is 12.9. The third-order valence-corrected chi connectivity index (χ3v) is 7.05. The van der Waals surface area contributed by atoms with Gasteiger partial charge in [0.05, 0.1) is 24.4 Å². The summed E-state index contributed by atoms with van der Waals surface area (Å²) in [5.74, 6) is 0.475. The summed E-state index contributed by atoms with van der Waals surface area (Å²) in [5.41, 5.74) is 2.95. The molecule has 1 unspecified atom stereocenters. The van der Waals surface area contributed by atoms with Crippen LogP contribution in [0.25, 0.3) is 5.69 Å². The second-order valence-corrected chi connectivity index (χ2v) is 9.90. The number of hydrogen-bond donors (Lipinski definition) is 1. The molecule has 0 radical (unpaired) electrons. The van der Waals surface area contributed by atoms with Crippen LogP contribution in [0.15, 0.2) is 54.7 Å². The van der Waals surface area contributed by atoms with Crippen molar-refractivity contribution in [3.05, 3.63) is 65.9 Å². The molecule has 1 atom stereocenters. The molecule has 1 amide bonds. The molecule has 0 bridgehead atoms. The van der Waals surface area contributed by atoms with Gasteiger partial charge in [0, 0.05) is 31.0 Å². The van der Waals surface area contributed by atoms with E-state index in [2.05, 4.69) is 15.2 Å². The first-order valence-electron chi connectivity index (χ1n) is 13.3. The molecule has 7 nitrogen and oxygen atoms in total. The second-order valence-electron chi connectivity index (χ2n) is 9.90. The molecule has 1 saturated carbocycles. The second kappa shape index (κ2) is 12.4. The number of carbonyl (C=O) groups excluding carboxylic acids is 1. The molecule has 1 aliphatic rings. The molecule has 10 heteroatoms. The molecule has 4 rings (SSSR count). The van der Waals surface area contributed by atoms with E-state index in [1.165, 1.54) is 30.7 Å². The van der Waals surface area contributed by atoms with E-state index in [-0.39, 0.29) is 17.7 Å². The number of ether oxygens (including phenoxy) is 2. The Morgan fingerprint density at radius 1 is 1.10 bits per heavy atom. The molecule has 1 N–H and O–H groups in total. The van der Waals surface area contributed by atoms with Gasteiger partial charge >= 0.3 is 6.36 Å². The molecule has 210 valence electrons. The average molecular weight is 545 g/mol. The Hall–Kier alpha value is -3.69. The maximum absolute atomic E-state index is 12.7. The lowest BCUT2D eigenvalue weighted by molar-refractivity contribution is -0.274.